The highest BCUT2D eigenvalue weighted by Crippen LogP contribution is 1.94. The Balaban J connectivity index is 2.70. The maximum Gasteiger partial charge on any atom is 0.00954 e. The molecule has 0 heterocycles. The summed E-state index contributed by atoms with van der Waals surface area (Å²) < 4.78 is 0. The van der Waals surface area contributed by atoms with Gasteiger partial charge in [0.15, 0.2) is 0 Å². The van der Waals surface area contributed by atoms with Gasteiger partial charge >= 0.3 is 0 Å². The van der Waals surface area contributed by atoms with Gasteiger partial charge in [-0.15, -0.1) is 0 Å². The lowest BCUT2D eigenvalue weighted by atomic mass is 10.2. The van der Waals surface area contributed by atoms with E-state index < -0.39 is 0 Å². The van der Waals surface area contributed by atoms with Crippen molar-refractivity contribution in [2.45, 2.75) is 19.3 Å². The van der Waals surface area contributed by atoms with Gasteiger partial charge in [-0.2, -0.15) is 0 Å². The summed E-state index contributed by atoms with van der Waals surface area (Å²) in [5.41, 5.74) is 5.84. The summed E-state index contributed by atoms with van der Waals surface area (Å²) in [6, 6.07) is 0. The molecule has 0 spiro atoms. The molecule has 0 saturated carbocycles. The molecule has 0 nitrogen and oxygen atoms in total. The summed E-state index contributed by atoms with van der Waals surface area (Å²) in [6.07, 6.45) is 10.7. The highest BCUT2D eigenvalue weighted by atomic mass is 13.8. The van der Waals surface area contributed by atoms with E-state index in [2.05, 4.69) is 23.3 Å². The molecule has 0 fully saturated rings. The van der Waals surface area contributed by atoms with E-state index in [9.17, 15) is 0 Å². The van der Waals surface area contributed by atoms with Crippen LogP contribution in [0.15, 0.2) is 35.8 Å². The molecule has 0 aromatic rings. The Hall–Kier alpha value is -1.40. The van der Waals surface area contributed by atoms with Crippen LogP contribution in [0.3, 0.4) is 0 Å². The normalized spacial score (nSPS) is 18.2. The molecule has 0 N–H and O–H groups in total. The third-order valence-corrected chi connectivity index (χ3v) is 1.30. The zero-order chi connectivity index (χ0) is 7.78. The third kappa shape index (κ3) is 4.06. The van der Waals surface area contributed by atoms with Crippen molar-refractivity contribution in [1.29, 1.82) is 0 Å². The van der Waals surface area contributed by atoms with Crippen LogP contribution in [0.1, 0.15) is 19.3 Å². The average molecular weight is 142 g/mol. The van der Waals surface area contributed by atoms with Crippen LogP contribution in [-0.4, -0.2) is 0 Å². The molecule has 1 rings (SSSR count). The monoisotopic (exact) mass is 142 g/mol. The van der Waals surface area contributed by atoms with Crippen LogP contribution in [0, 0.1) is 11.8 Å². The van der Waals surface area contributed by atoms with Gasteiger partial charge < -0.3 is 0 Å². The van der Waals surface area contributed by atoms with Crippen LogP contribution in [0.25, 0.3) is 0 Å². The first-order valence-corrected chi connectivity index (χ1v) is 3.79. The summed E-state index contributed by atoms with van der Waals surface area (Å²) >= 11 is 0. The highest BCUT2D eigenvalue weighted by Gasteiger charge is 1.77. The van der Waals surface area contributed by atoms with Gasteiger partial charge in [0.25, 0.3) is 0 Å². The van der Waals surface area contributed by atoms with Crippen molar-refractivity contribution >= 4 is 0 Å². The van der Waals surface area contributed by atoms with Gasteiger partial charge in [0, 0.05) is 6.42 Å². The van der Waals surface area contributed by atoms with Gasteiger partial charge in [0.2, 0.25) is 0 Å². The largest absolute Gasteiger partial charge is 0.0985 e. The Morgan fingerprint density at radius 1 is 1.18 bits per heavy atom. The smallest absolute Gasteiger partial charge is 0.00954 e. The Bertz CT molecular complexity index is 282. The van der Waals surface area contributed by atoms with Gasteiger partial charge in [0.05, 0.1) is 0 Å². The quantitative estimate of drug-likeness (QED) is 0.360. The van der Waals surface area contributed by atoms with Gasteiger partial charge in [-0.3, -0.25) is 0 Å². The standard InChI is InChI=1S/C11H10/c1-2-4-6-8-10-11-9-7-5-3-1/h1-3,8H,9-11H2/b3-1-,8-2?. The summed E-state index contributed by atoms with van der Waals surface area (Å²) in [5, 5.41) is 0. The van der Waals surface area contributed by atoms with E-state index in [0.29, 0.717) is 0 Å². The fourth-order valence-corrected chi connectivity index (χ4v) is 0.747. The molecule has 1 aliphatic carbocycles. The van der Waals surface area contributed by atoms with Crippen LogP contribution in [0.4, 0.5) is 0 Å². The summed E-state index contributed by atoms with van der Waals surface area (Å²) in [5.74, 6) is 5.99. The molecule has 0 heteroatoms. The second-order valence-electron chi connectivity index (χ2n) is 2.23. The Morgan fingerprint density at radius 3 is 3.18 bits per heavy atom. The maximum atomic E-state index is 3.05. The molecule has 11 heavy (non-hydrogen) atoms. The van der Waals surface area contributed by atoms with Crippen LogP contribution < -0.4 is 0 Å². The molecule has 1 aliphatic rings. The van der Waals surface area contributed by atoms with Crippen molar-refractivity contribution < 1.29 is 0 Å². The van der Waals surface area contributed by atoms with E-state index in [4.69, 9.17) is 0 Å². The third-order valence-electron chi connectivity index (χ3n) is 1.30. The lowest BCUT2D eigenvalue weighted by Crippen LogP contribution is -1.67. The Labute approximate surface area is 67.6 Å². The molecule has 0 aliphatic heterocycles. The molecule has 0 amide bonds. The molecule has 54 valence electrons. The van der Waals surface area contributed by atoms with Gasteiger partial charge in [-0.25, -0.2) is 0 Å². The fourth-order valence-electron chi connectivity index (χ4n) is 0.747. The highest BCUT2D eigenvalue weighted by molar-refractivity contribution is 5.19. The first-order valence-electron chi connectivity index (χ1n) is 3.79. The van der Waals surface area contributed by atoms with Crippen LogP contribution in [0.5, 0.6) is 0 Å². The molecule has 0 atom stereocenters. The van der Waals surface area contributed by atoms with E-state index in [1.807, 2.05) is 24.3 Å². The molecule has 0 aromatic heterocycles. The topological polar surface area (TPSA) is 0 Å². The second kappa shape index (κ2) is 5.39. The van der Waals surface area contributed by atoms with Crippen molar-refractivity contribution in [2.24, 2.45) is 0 Å². The number of allylic oxidation sites excluding steroid dienone is 4. The fraction of sp³-hybridized carbons (Fsp3) is 0.273. The van der Waals surface area contributed by atoms with E-state index in [1.165, 1.54) is 0 Å². The first kappa shape index (κ1) is 7.70. The predicted molar refractivity (Wildman–Crippen MR) is 46.9 cm³/mol. The minimum Gasteiger partial charge on any atom is -0.0985 e. The van der Waals surface area contributed by atoms with E-state index in [-0.39, 0.29) is 0 Å². The molecule has 0 unspecified atom stereocenters. The van der Waals surface area contributed by atoms with E-state index in [1.54, 1.807) is 0 Å². The van der Waals surface area contributed by atoms with Crippen molar-refractivity contribution in [1.82, 2.24) is 0 Å². The van der Waals surface area contributed by atoms with Gasteiger partial charge in [-0.1, -0.05) is 23.3 Å². The van der Waals surface area contributed by atoms with Crippen molar-refractivity contribution in [3.05, 3.63) is 35.8 Å². The zero-order valence-corrected chi connectivity index (χ0v) is 6.43. The number of hydrogen-bond acceptors (Lipinski definition) is 0. The van der Waals surface area contributed by atoms with Crippen molar-refractivity contribution in [3.8, 4) is 11.8 Å². The maximum absolute atomic E-state index is 3.05. The molecule has 0 saturated heterocycles. The minimum atomic E-state index is 0.975. The van der Waals surface area contributed by atoms with Crippen molar-refractivity contribution in [2.75, 3.05) is 0 Å². The summed E-state index contributed by atoms with van der Waals surface area (Å²) in [4.78, 5) is 0. The number of rotatable bonds is 0. The average Bonchev–Trinajstić information content (AvgIpc) is 2.08. The molecular formula is C11H10. The molecule has 0 bridgehead atoms. The first-order chi connectivity index (χ1) is 5.50. The number of hydrogen-bond donors (Lipinski definition) is 0. The Kier molecular flexibility index (Phi) is 3.77. The van der Waals surface area contributed by atoms with Gasteiger partial charge in [-0.05, 0) is 37.1 Å². The molecule has 0 aromatic carbocycles. The Morgan fingerprint density at radius 2 is 2.18 bits per heavy atom. The molecular weight excluding hydrogens is 132 g/mol. The lowest BCUT2D eigenvalue weighted by Gasteiger charge is -1.82. The van der Waals surface area contributed by atoms with Crippen LogP contribution >= 0.6 is 0 Å². The van der Waals surface area contributed by atoms with Gasteiger partial charge in [0.1, 0.15) is 0 Å². The van der Waals surface area contributed by atoms with Crippen LogP contribution in [0.2, 0.25) is 0 Å². The SMILES string of the molecule is C1=C=CCCCC#C/C=C\C=1. The second-order valence-corrected chi connectivity index (χ2v) is 2.23. The predicted octanol–water partition coefficient (Wildman–Crippen LogP) is 2.60. The van der Waals surface area contributed by atoms with E-state index >= 15 is 0 Å². The summed E-state index contributed by atoms with van der Waals surface area (Å²) in [7, 11) is 0. The summed E-state index contributed by atoms with van der Waals surface area (Å²) in [6.45, 7) is 0. The zero-order valence-electron chi connectivity index (χ0n) is 6.43. The lowest BCUT2D eigenvalue weighted by molar-refractivity contribution is 0.886. The van der Waals surface area contributed by atoms with Crippen LogP contribution in [-0.2, 0) is 0 Å². The molecule has 0 radical (unpaired) electrons. The van der Waals surface area contributed by atoms with E-state index in [0.717, 1.165) is 19.3 Å². The minimum absolute atomic E-state index is 0.975. The van der Waals surface area contributed by atoms with Crippen molar-refractivity contribution in [3.63, 3.8) is 0 Å².